The van der Waals surface area contributed by atoms with Gasteiger partial charge in [0.1, 0.15) is 23.2 Å². The lowest BCUT2D eigenvalue weighted by Gasteiger charge is -2.27. The number of imide groups is 2. The van der Waals surface area contributed by atoms with Crippen LogP contribution in [0, 0.1) is 5.82 Å². The zero-order chi connectivity index (χ0) is 41.2. The average molecular weight is 796 g/mol. The predicted molar refractivity (Wildman–Crippen MR) is 211 cm³/mol. The van der Waals surface area contributed by atoms with E-state index in [2.05, 4.69) is 46.9 Å². The Morgan fingerprint density at radius 2 is 1.75 bits per heavy atom. The van der Waals surface area contributed by atoms with E-state index in [-0.39, 0.29) is 66.3 Å². The van der Waals surface area contributed by atoms with E-state index in [1.54, 1.807) is 30.5 Å². The van der Waals surface area contributed by atoms with Gasteiger partial charge >= 0.3 is 0 Å². The summed E-state index contributed by atoms with van der Waals surface area (Å²) in [7, 11) is 1.51. The van der Waals surface area contributed by atoms with Gasteiger partial charge in [-0.15, -0.1) is 5.10 Å². The van der Waals surface area contributed by atoms with Crippen LogP contribution in [0.1, 0.15) is 60.1 Å². The summed E-state index contributed by atoms with van der Waals surface area (Å²) < 4.78 is 17.0. The Labute approximate surface area is 334 Å². The molecule has 6 aromatic rings. The van der Waals surface area contributed by atoms with Gasteiger partial charge in [0.2, 0.25) is 11.8 Å². The van der Waals surface area contributed by atoms with E-state index in [0.29, 0.717) is 33.5 Å². The number of para-hydroxylation sites is 1. The van der Waals surface area contributed by atoms with Gasteiger partial charge in [0, 0.05) is 66.4 Å². The van der Waals surface area contributed by atoms with Crippen molar-refractivity contribution in [2.24, 2.45) is 0 Å². The van der Waals surface area contributed by atoms with Crippen LogP contribution in [0.25, 0.3) is 22.0 Å². The first kappa shape index (κ1) is 38.0. The molecule has 6 amide bonds. The van der Waals surface area contributed by atoms with Crippen molar-refractivity contribution in [3.63, 3.8) is 0 Å². The minimum atomic E-state index is -1.08. The number of amides is 6. The zero-order valence-corrected chi connectivity index (χ0v) is 31.3. The first-order chi connectivity index (χ1) is 28.6. The Morgan fingerprint density at radius 1 is 0.915 bits per heavy atom. The van der Waals surface area contributed by atoms with Crippen LogP contribution in [0.3, 0.4) is 0 Å². The second kappa shape index (κ2) is 15.9. The van der Waals surface area contributed by atoms with E-state index >= 15 is 4.39 Å². The Morgan fingerprint density at radius 3 is 2.51 bits per heavy atom. The van der Waals surface area contributed by atoms with Crippen LogP contribution in [-0.2, 0) is 22.7 Å². The quantitative estimate of drug-likeness (QED) is 0.112. The number of anilines is 3. The molecule has 296 valence electrons. The van der Waals surface area contributed by atoms with Gasteiger partial charge in [-0.25, -0.2) is 4.39 Å². The predicted octanol–water partition coefficient (Wildman–Crippen LogP) is 3.57. The fourth-order valence-electron chi connectivity index (χ4n) is 6.98. The molecule has 0 aliphatic carbocycles. The monoisotopic (exact) mass is 795 g/mol. The lowest BCUT2D eigenvalue weighted by atomic mass is 10.0. The van der Waals surface area contributed by atoms with E-state index in [9.17, 15) is 28.8 Å². The molecule has 0 spiro atoms. The third kappa shape index (κ3) is 7.53. The third-order valence-corrected chi connectivity index (χ3v) is 9.92. The molecule has 1 unspecified atom stereocenters. The van der Waals surface area contributed by atoms with Crippen LogP contribution in [0.15, 0.2) is 91.4 Å². The number of carbonyl (C=O) groups is 6. The maximum absolute atomic E-state index is 15.5. The van der Waals surface area contributed by atoms with Crippen molar-refractivity contribution in [2.45, 2.75) is 32.0 Å². The van der Waals surface area contributed by atoms with Gasteiger partial charge in [-0.3, -0.25) is 53.6 Å². The molecule has 2 aliphatic rings. The smallest absolute Gasteiger partial charge is 0.269 e. The topological polar surface area (TPSA) is 222 Å². The highest BCUT2D eigenvalue weighted by molar-refractivity contribution is 6.25. The lowest BCUT2D eigenvalue weighted by Crippen LogP contribution is -2.54. The molecule has 1 saturated heterocycles. The normalized spacial score (nSPS) is 14.9. The molecule has 17 nitrogen and oxygen atoms in total. The highest BCUT2D eigenvalue weighted by Gasteiger charge is 2.45. The maximum Gasteiger partial charge on any atom is 0.269 e. The average Bonchev–Trinajstić information content (AvgIpc) is 3.80. The van der Waals surface area contributed by atoms with Crippen molar-refractivity contribution in [3.05, 3.63) is 125 Å². The van der Waals surface area contributed by atoms with Gasteiger partial charge in [-0.05, 0) is 42.8 Å². The largest absolute Gasteiger partial charge is 0.379 e. The standard InChI is InChI=1S/C41H34FN11O6/c1-43-37(55)28-20-47-32-17-29(42)26(16-27(32)36(28)48-23-6-3-2-4-7-23)22-10-11-31(45-18-22)38(56)44-14-15-52-21-24(50-51-52)19-46-30-9-5-8-25-35(30)41(59)53(40(25)58)33-12-13-34(54)49-39(33)57/h2-11,16-18,20-21,33,46H,12-15,19H2,1H3,(H,43,55)(H,44,56)(H,47,48)(H,49,54,57). The summed E-state index contributed by atoms with van der Waals surface area (Å²) in [4.78, 5) is 85.9. The summed E-state index contributed by atoms with van der Waals surface area (Å²) in [6.45, 7) is 0.585. The van der Waals surface area contributed by atoms with Crippen LogP contribution < -0.4 is 26.6 Å². The van der Waals surface area contributed by atoms with Gasteiger partial charge < -0.3 is 21.3 Å². The molecular formula is C41H34FN11O6. The number of aromatic nitrogens is 5. The summed E-state index contributed by atoms with van der Waals surface area (Å²) in [5.41, 5.74) is 3.66. The molecule has 0 radical (unpaired) electrons. The number of pyridine rings is 2. The number of rotatable bonds is 12. The van der Waals surface area contributed by atoms with Crippen molar-refractivity contribution < 1.29 is 33.2 Å². The fourth-order valence-corrected chi connectivity index (χ4v) is 6.98. The van der Waals surface area contributed by atoms with E-state index < -0.39 is 41.4 Å². The third-order valence-electron chi connectivity index (χ3n) is 9.92. The molecule has 59 heavy (non-hydrogen) atoms. The molecule has 2 aliphatic heterocycles. The second-order valence-electron chi connectivity index (χ2n) is 13.7. The number of nitrogens with zero attached hydrogens (tertiary/aromatic N) is 6. The summed E-state index contributed by atoms with van der Waals surface area (Å²) in [6, 6.07) is 18.9. The molecule has 1 fully saturated rings. The van der Waals surface area contributed by atoms with Crippen molar-refractivity contribution >= 4 is 63.4 Å². The van der Waals surface area contributed by atoms with E-state index in [1.165, 1.54) is 42.3 Å². The van der Waals surface area contributed by atoms with Crippen LogP contribution >= 0.6 is 0 Å². The highest BCUT2D eigenvalue weighted by Crippen LogP contribution is 2.35. The summed E-state index contributed by atoms with van der Waals surface area (Å²) in [5, 5.41) is 22.7. The van der Waals surface area contributed by atoms with Gasteiger partial charge in [0.15, 0.2) is 0 Å². The highest BCUT2D eigenvalue weighted by atomic mass is 19.1. The SMILES string of the molecule is CNC(=O)c1cnc2cc(F)c(-c3ccc(C(=O)NCCn4cc(CNc5cccc6c5C(=O)N(C5CCC(=O)NC5=O)C6=O)nn4)nc3)cc2c1Nc1ccccc1. The zero-order valence-electron chi connectivity index (χ0n) is 31.3. The molecule has 3 aromatic carbocycles. The number of hydrogen-bond donors (Lipinski definition) is 5. The second-order valence-corrected chi connectivity index (χ2v) is 13.7. The van der Waals surface area contributed by atoms with Crippen LogP contribution in [-0.4, -0.2) is 84.9 Å². The first-order valence-corrected chi connectivity index (χ1v) is 18.5. The summed E-state index contributed by atoms with van der Waals surface area (Å²) >= 11 is 0. The van der Waals surface area contributed by atoms with Gasteiger partial charge in [-0.1, -0.05) is 35.5 Å². The minimum absolute atomic E-state index is 0.0196. The summed E-state index contributed by atoms with van der Waals surface area (Å²) in [5.74, 6) is -3.77. The molecule has 0 bridgehead atoms. The van der Waals surface area contributed by atoms with E-state index in [1.807, 2.05) is 30.3 Å². The molecule has 0 saturated carbocycles. The number of nitrogens with one attached hydrogen (secondary N) is 5. The van der Waals surface area contributed by atoms with Crippen molar-refractivity contribution in [3.8, 4) is 11.1 Å². The van der Waals surface area contributed by atoms with E-state index in [0.717, 1.165) is 10.6 Å². The number of piperidine rings is 1. The fraction of sp³-hybridized carbons (Fsp3) is 0.171. The van der Waals surface area contributed by atoms with Crippen molar-refractivity contribution in [1.82, 2.24) is 45.8 Å². The maximum atomic E-state index is 15.5. The Kier molecular flexibility index (Phi) is 10.3. The van der Waals surface area contributed by atoms with Crippen LogP contribution in [0.2, 0.25) is 0 Å². The number of halogens is 1. The van der Waals surface area contributed by atoms with Crippen molar-refractivity contribution in [2.75, 3.05) is 24.2 Å². The van der Waals surface area contributed by atoms with Crippen LogP contribution in [0.5, 0.6) is 0 Å². The molecular weight excluding hydrogens is 762 g/mol. The number of fused-ring (bicyclic) bond motifs is 2. The molecule has 5 heterocycles. The summed E-state index contributed by atoms with van der Waals surface area (Å²) in [6.07, 6.45) is 4.52. The van der Waals surface area contributed by atoms with Gasteiger partial charge in [0.05, 0.1) is 47.2 Å². The molecule has 3 aromatic heterocycles. The Hall–Kier alpha value is -7.89. The molecule has 1 atom stereocenters. The number of carbonyl (C=O) groups excluding carboxylic acids is 6. The van der Waals surface area contributed by atoms with Crippen LogP contribution in [0.4, 0.5) is 21.5 Å². The first-order valence-electron chi connectivity index (χ1n) is 18.5. The molecule has 8 rings (SSSR count). The Bertz CT molecular complexity index is 2690. The molecule has 18 heteroatoms. The lowest BCUT2D eigenvalue weighted by molar-refractivity contribution is -0.136. The van der Waals surface area contributed by atoms with Gasteiger partial charge in [-0.2, -0.15) is 0 Å². The minimum Gasteiger partial charge on any atom is -0.379 e. The molecule has 5 N–H and O–H groups in total. The number of hydrogen-bond acceptors (Lipinski definition) is 12. The Balaban J connectivity index is 0.892. The van der Waals surface area contributed by atoms with E-state index in [4.69, 9.17) is 0 Å². The van der Waals surface area contributed by atoms with Crippen molar-refractivity contribution in [1.29, 1.82) is 0 Å². The van der Waals surface area contributed by atoms with Gasteiger partial charge in [0.25, 0.3) is 23.6 Å². The number of benzene rings is 3.